The molecule has 1 amide bonds. The Kier molecular flexibility index (Phi) is 4.66. The van der Waals surface area contributed by atoms with Gasteiger partial charge in [-0.25, -0.2) is 0 Å². The van der Waals surface area contributed by atoms with Crippen LogP contribution in [0.15, 0.2) is 30.3 Å². The van der Waals surface area contributed by atoms with Gasteiger partial charge in [0.2, 0.25) is 11.7 Å². The first-order chi connectivity index (χ1) is 11.2. The molecule has 1 N–H and O–H groups in total. The molecule has 7 nitrogen and oxygen atoms in total. The first-order valence-corrected chi connectivity index (χ1v) is 8.00. The fourth-order valence-corrected chi connectivity index (χ4v) is 2.87. The summed E-state index contributed by atoms with van der Waals surface area (Å²) in [6.07, 6.45) is 2.12. The van der Waals surface area contributed by atoms with Crippen LogP contribution >= 0.6 is 0 Å². The summed E-state index contributed by atoms with van der Waals surface area (Å²) in [6.45, 7) is 3.35. The van der Waals surface area contributed by atoms with Gasteiger partial charge in [0.15, 0.2) is 0 Å². The van der Waals surface area contributed by atoms with Gasteiger partial charge >= 0.3 is 0 Å². The minimum absolute atomic E-state index is 0.0435. The lowest BCUT2D eigenvalue weighted by molar-refractivity contribution is -0.136. The van der Waals surface area contributed by atoms with E-state index in [9.17, 15) is 4.79 Å². The zero-order valence-corrected chi connectivity index (χ0v) is 13.5. The van der Waals surface area contributed by atoms with Gasteiger partial charge in [0.25, 0.3) is 0 Å². The Morgan fingerprint density at radius 2 is 2.13 bits per heavy atom. The second-order valence-corrected chi connectivity index (χ2v) is 5.89. The molecule has 7 heteroatoms. The van der Waals surface area contributed by atoms with E-state index in [4.69, 9.17) is 0 Å². The zero-order valence-electron chi connectivity index (χ0n) is 13.5. The Balaban J connectivity index is 1.71. The van der Waals surface area contributed by atoms with Crippen molar-refractivity contribution in [3.8, 4) is 11.4 Å². The summed E-state index contributed by atoms with van der Waals surface area (Å²) in [7, 11) is 1.94. The van der Waals surface area contributed by atoms with Gasteiger partial charge in [-0.05, 0) is 32.0 Å². The minimum atomic E-state index is -0.449. The number of nitrogens with zero attached hydrogens (tertiary/aromatic N) is 5. The van der Waals surface area contributed by atoms with Crippen LogP contribution in [0.3, 0.4) is 0 Å². The molecule has 0 aliphatic carbocycles. The molecule has 0 saturated carbocycles. The summed E-state index contributed by atoms with van der Waals surface area (Å²) in [5.74, 6) is 0.582. The van der Waals surface area contributed by atoms with Crippen molar-refractivity contribution in [3.05, 3.63) is 30.3 Å². The lowest BCUT2D eigenvalue weighted by Gasteiger charge is -2.33. The molecule has 23 heavy (non-hydrogen) atoms. The number of tetrazole rings is 1. The zero-order chi connectivity index (χ0) is 16.2. The van der Waals surface area contributed by atoms with Crippen LogP contribution in [0.2, 0.25) is 0 Å². The maximum Gasteiger partial charge on any atom is 0.249 e. The fraction of sp³-hybridized carbons (Fsp3) is 0.500. The van der Waals surface area contributed by atoms with Gasteiger partial charge in [0.05, 0.1) is 0 Å². The van der Waals surface area contributed by atoms with Crippen molar-refractivity contribution in [2.24, 2.45) is 0 Å². The molecule has 0 bridgehead atoms. The van der Waals surface area contributed by atoms with Gasteiger partial charge in [-0.1, -0.05) is 30.3 Å². The van der Waals surface area contributed by atoms with E-state index in [1.165, 1.54) is 4.80 Å². The highest BCUT2D eigenvalue weighted by atomic mass is 16.2. The van der Waals surface area contributed by atoms with Gasteiger partial charge in [-0.15, -0.1) is 10.2 Å². The summed E-state index contributed by atoms with van der Waals surface area (Å²) in [4.78, 5) is 16.0. The van der Waals surface area contributed by atoms with E-state index in [2.05, 4.69) is 20.7 Å². The van der Waals surface area contributed by atoms with Crippen LogP contribution in [0.5, 0.6) is 0 Å². The number of nitrogens with one attached hydrogen (secondary N) is 1. The second kappa shape index (κ2) is 6.87. The number of carbonyl (C=O) groups is 1. The molecule has 0 spiro atoms. The molecule has 3 rings (SSSR count). The van der Waals surface area contributed by atoms with Gasteiger partial charge < -0.3 is 10.2 Å². The molecule has 1 aliphatic rings. The Labute approximate surface area is 135 Å². The van der Waals surface area contributed by atoms with Crippen LogP contribution in [0.25, 0.3) is 11.4 Å². The number of benzene rings is 1. The Bertz CT molecular complexity index is 656. The van der Waals surface area contributed by atoms with Crippen molar-refractivity contribution in [3.63, 3.8) is 0 Å². The molecule has 1 aliphatic heterocycles. The number of hydrogen-bond acceptors (Lipinski definition) is 5. The Morgan fingerprint density at radius 3 is 2.87 bits per heavy atom. The fourth-order valence-electron chi connectivity index (χ4n) is 2.87. The summed E-state index contributed by atoms with van der Waals surface area (Å²) in [5.41, 5.74) is 0.895. The number of likely N-dealkylation sites (N-methyl/N-ethyl adjacent to an activating group) is 1. The van der Waals surface area contributed by atoms with Crippen LogP contribution in [0.1, 0.15) is 25.8 Å². The van der Waals surface area contributed by atoms with Gasteiger partial charge in [-0.3, -0.25) is 4.79 Å². The monoisotopic (exact) mass is 314 g/mol. The third-order valence-corrected chi connectivity index (χ3v) is 4.31. The van der Waals surface area contributed by atoms with Crippen molar-refractivity contribution in [1.29, 1.82) is 0 Å². The third-order valence-electron chi connectivity index (χ3n) is 4.31. The maximum absolute atomic E-state index is 12.7. The SMILES string of the molecule is CNC1CCCN(C(=O)C(C)n2nnc(-c3ccccc3)n2)C1. The normalized spacial score (nSPS) is 19.6. The number of piperidine rings is 1. The largest absolute Gasteiger partial charge is 0.339 e. The summed E-state index contributed by atoms with van der Waals surface area (Å²) >= 11 is 0. The number of rotatable bonds is 4. The number of carbonyl (C=O) groups excluding carboxylic acids is 1. The molecular weight excluding hydrogens is 292 g/mol. The average Bonchev–Trinajstić information content (AvgIpc) is 3.11. The second-order valence-electron chi connectivity index (χ2n) is 5.89. The highest BCUT2D eigenvalue weighted by molar-refractivity contribution is 5.80. The lowest BCUT2D eigenvalue weighted by atomic mass is 10.1. The van der Waals surface area contributed by atoms with E-state index >= 15 is 0 Å². The molecule has 0 radical (unpaired) electrons. The van der Waals surface area contributed by atoms with E-state index in [-0.39, 0.29) is 5.91 Å². The third kappa shape index (κ3) is 3.39. The average molecular weight is 314 g/mol. The van der Waals surface area contributed by atoms with E-state index in [1.54, 1.807) is 0 Å². The minimum Gasteiger partial charge on any atom is -0.339 e. The van der Waals surface area contributed by atoms with Crippen molar-refractivity contribution in [2.75, 3.05) is 20.1 Å². The van der Waals surface area contributed by atoms with Crippen molar-refractivity contribution in [1.82, 2.24) is 30.4 Å². The lowest BCUT2D eigenvalue weighted by Crippen LogP contribution is -2.48. The van der Waals surface area contributed by atoms with Gasteiger partial charge in [0.1, 0.15) is 6.04 Å². The van der Waals surface area contributed by atoms with E-state index in [0.717, 1.165) is 31.5 Å². The molecule has 2 atom stereocenters. The van der Waals surface area contributed by atoms with Crippen LogP contribution in [-0.2, 0) is 4.79 Å². The molecule has 2 heterocycles. The predicted octanol–water partition coefficient (Wildman–Crippen LogP) is 1.11. The Morgan fingerprint density at radius 1 is 1.35 bits per heavy atom. The summed E-state index contributed by atoms with van der Waals surface area (Å²) in [5, 5.41) is 15.7. The number of hydrogen-bond donors (Lipinski definition) is 1. The van der Waals surface area contributed by atoms with Gasteiger partial charge in [-0.2, -0.15) is 4.80 Å². The molecule has 1 fully saturated rings. The number of amides is 1. The summed E-state index contributed by atoms with van der Waals surface area (Å²) < 4.78 is 0. The highest BCUT2D eigenvalue weighted by Gasteiger charge is 2.28. The maximum atomic E-state index is 12.7. The molecule has 1 saturated heterocycles. The van der Waals surface area contributed by atoms with Crippen molar-refractivity contribution >= 4 is 5.91 Å². The molecule has 2 unspecified atom stereocenters. The standard InChI is InChI=1S/C16H22N6O/c1-12(16(23)21-10-6-9-14(11-21)17-2)22-19-15(18-20-22)13-7-4-3-5-8-13/h3-5,7-8,12,14,17H,6,9-11H2,1-2H3. The van der Waals surface area contributed by atoms with E-state index in [1.807, 2.05) is 49.2 Å². The van der Waals surface area contributed by atoms with Crippen LogP contribution < -0.4 is 5.32 Å². The molecule has 1 aromatic heterocycles. The predicted molar refractivity (Wildman–Crippen MR) is 86.6 cm³/mol. The molecular formula is C16H22N6O. The van der Waals surface area contributed by atoms with E-state index < -0.39 is 6.04 Å². The van der Waals surface area contributed by atoms with Crippen LogP contribution in [-0.4, -0.2) is 57.2 Å². The smallest absolute Gasteiger partial charge is 0.249 e. The van der Waals surface area contributed by atoms with E-state index in [0.29, 0.717) is 11.9 Å². The first kappa shape index (κ1) is 15.6. The van der Waals surface area contributed by atoms with Crippen molar-refractivity contribution < 1.29 is 4.79 Å². The number of likely N-dealkylation sites (tertiary alicyclic amines) is 1. The van der Waals surface area contributed by atoms with Crippen LogP contribution in [0.4, 0.5) is 0 Å². The topological polar surface area (TPSA) is 75.9 Å². The quantitative estimate of drug-likeness (QED) is 0.915. The van der Waals surface area contributed by atoms with Crippen molar-refractivity contribution in [2.45, 2.75) is 31.8 Å². The Hall–Kier alpha value is -2.28. The number of aromatic nitrogens is 4. The van der Waals surface area contributed by atoms with Crippen LogP contribution in [0, 0.1) is 0 Å². The molecule has 1 aromatic carbocycles. The highest BCUT2D eigenvalue weighted by Crippen LogP contribution is 2.17. The molecule has 122 valence electrons. The summed E-state index contributed by atoms with van der Waals surface area (Å²) in [6, 6.07) is 9.56. The molecule has 2 aromatic rings. The first-order valence-electron chi connectivity index (χ1n) is 8.00. The van der Waals surface area contributed by atoms with Gasteiger partial charge in [0, 0.05) is 24.7 Å².